The molecule has 0 saturated carbocycles. The Morgan fingerprint density at radius 1 is 1.45 bits per heavy atom. The molecule has 2 N–H and O–H groups in total. The van der Waals surface area contributed by atoms with Crippen LogP contribution in [0.15, 0.2) is 18.2 Å². The summed E-state index contributed by atoms with van der Waals surface area (Å²) >= 11 is 0. The number of ether oxygens (including phenoxy) is 2. The Morgan fingerprint density at radius 2 is 2.15 bits per heavy atom. The minimum absolute atomic E-state index is 0.0620. The molecule has 0 aliphatic carbocycles. The average Bonchev–Trinajstić information content (AvgIpc) is 2.45. The lowest BCUT2D eigenvalue weighted by Gasteiger charge is -2.21. The Labute approximate surface area is 119 Å². The molecule has 0 aliphatic rings. The van der Waals surface area contributed by atoms with Crippen LogP contribution in [-0.2, 0) is 4.79 Å². The van der Waals surface area contributed by atoms with Gasteiger partial charge in [0.2, 0.25) is 0 Å². The molecule has 112 valence electrons. The van der Waals surface area contributed by atoms with Gasteiger partial charge in [0, 0.05) is 17.7 Å². The van der Waals surface area contributed by atoms with Crippen LogP contribution in [-0.4, -0.2) is 31.3 Å². The van der Waals surface area contributed by atoms with Crippen LogP contribution in [0.25, 0.3) is 0 Å². The van der Waals surface area contributed by atoms with Crippen molar-refractivity contribution in [3.05, 3.63) is 23.8 Å². The number of hydrogen-bond donors (Lipinski definition) is 2. The molecule has 5 nitrogen and oxygen atoms in total. The highest BCUT2D eigenvalue weighted by molar-refractivity contribution is 5.72. The van der Waals surface area contributed by atoms with E-state index in [-0.39, 0.29) is 6.04 Å². The van der Waals surface area contributed by atoms with E-state index in [2.05, 4.69) is 5.32 Å². The van der Waals surface area contributed by atoms with E-state index in [1.165, 1.54) is 0 Å². The zero-order chi connectivity index (χ0) is 15.1. The van der Waals surface area contributed by atoms with Crippen molar-refractivity contribution in [3.8, 4) is 11.5 Å². The summed E-state index contributed by atoms with van der Waals surface area (Å²) in [6, 6.07) is 5.52. The van der Waals surface area contributed by atoms with Gasteiger partial charge in [-0.2, -0.15) is 0 Å². The Bertz CT molecular complexity index is 447. The first-order valence-electron chi connectivity index (χ1n) is 6.78. The van der Waals surface area contributed by atoms with Crippen LogP contribution in [0.1, 0.15) is 38.3 Å². The average molecular weight is 281 g/mol. The highest BCUT2D eigenvalue weighted by Gasteiger charge is 2.21. The van der Waals surface area contributed by atoms with Crippen molar-refractivity contribution in [1.82, 2.24) is 5.32 Å². The van der Waals surface area contributed by atoms with E-state index in [1.54, 1.807) is 13.2 Å². The van der Waals surface area contributed by atoms with Gasteiger partial charge >= 0.3 is 5.97 Å². The fourth-order valence-corrected chi connectivity index (χ4v) is 1.91. The second kappa shape index (κ2) is 7.75. The standard InChI is InChI=1S/C15H23NO4/c1-5-6-13(15(17)18)20-14-9-11(19-4)7-8-12(14)10(2)16-3/h7-10,13,16H,5-6H2,1-4H3,(H,17,18). The van der Waals surface area contributed by atoms with Crippen LogP contribution < -0.4 is 14.8 Å². The lowest BCUT2D eigenvalue weighted by atomic mass is 10.1. The molecule has 2 unspecified atom stereocenters. The van der Waals surface area contributed by atoms with E-state index < -0.39 is 12.1 Å². The Kier molecular flexibility index (Phi) is 6.31. The number of benzene rings is 1. The molecule has 0 aliphatic heterocycles. The highest BCUT2D eigenvalue weighted by atomic mass is 16.5. The molecule has 1 rings (SSSR count). The van der Waals surface area contributed by atoms with Gasteiger partial charge in [-0.1, -0.05) is 19.4 Å². The van der Waals surface area contributed by atoms with Gasteiger partial charge in [0.05, 0.1) is 7.11 Å². The van der Waals surface area contributed by atoms with Gasteiger partial charge in [-0.15, -0.1) is 0 Å². The second-order valence-electron chi connectivity index (χ2n) is 4.65. The van der Waals surface area contributed by atoms with Crippen LogP contribution in [0.5, 0.6) is 11.5 Å². The molecule has 2 atom stereocenters. The van der Waals surface area contributed by atoms with Crippen molar-refractivity contribution in [3.63, 3.8) is 0 Å². The molecule has 0 heterocycles. The maximum atomic E-state index is 11.2. The molecule has 0 fully saturated rings. The summed E-state index contributed by atoms with van der Waals surface area (Å²) < 4.78 is 10.9. The first kappa shape index (κ1) is 16.3. The summed E-state index contributed by atoms with van der Waals surface area (Å²) in [7, 11) is 3.42. The van der Waals surface area contributed by atoms with Gasteiger partial charge in [-0.25, -0.2) is 4.79 Å². The summed E-state index contributed by atoms with van der Waals surface area (Å²) in [5.74, 6) is 0.248. The minimum atomic E-state index is -0.947. The number of nitrogens with one attached hydrogen (secondary N) is 1. The summed E-state index contributed by atoms with van der Waals surface area (Å²) in [6.07, 6.45) is 0.382. The molecule has 1 aromatic rings. The number of rotatable bonds is 8. The highest BCUT2D eigenvalue weighted by Crippen LogP contribution is 2.30. The van der Waals surface area contributed by atoms with Crippen molar-refractivity contribution in [1.29, 1.82) is 0 Å². The lowest BCUT2D eigenvalue weighted by Crippen LogP contribution is -2.27. The van der Waals surface area contributed by atoms with E-state index in [9.17, 15) is 9.90 Å². The molecule has 5 heteroatoms. The third-order valence-corrected chi connectivity index (χ3v) is 3.22. The first-order valence-corrected chi connectivity index (χ1v) is 6.78. The van der Waals surface area contributed by atoms with Crippen LogP contribution in [0, 0.1) is 0 Å². The normalized spacial score (nSPS) is 13.6. The summed E-state index contributed by atoms with van der Waals surface area (Å²) in [5, 5.41) is 12.3. The number of aliphatic carboxylic acids is 1. The monoisotopic (exact) mass is 281 g/mol. The number of carboxylic acid groups (broad SMARTS) is 1. The maximum Gasteiger partial charge on any atom is 0.344 e. The Morgan fingerprint density at radius 3 is 2.65 bits per heavy atom. The van der Waals surface area contributed by atoms with Crippen molar-refractivity contribution >= 4 is 5.97 Å². The first-order chi connectivity index (χ1) is 9.53. The van der Waals surface area contributed by atoms with Crippen molar-refractivity contribution < 1.29 is 19.4 Å². The summed E-state index contributed by atoms with van der Waals surface area (Å²) in [6.45, 7) is 3.92. The molecule has 0 amide bonds. The van der Waals surface area contributed by atoms with Crippen molar-refractivity contribution in [2.24, 2.45) is 0 Å². The minimum Gasteiger partial charge on any atom is -0.497 e. The molecule has 0 aromatic heterocycles. The summed E-state index contributed by atoms with van der Waals surface area (Å²) in [5.41, 5.74) is 0.913. The van der Waals surface area contributed by atoms with Crippen LogP contribution in [0.4, 0.5) is 0 Å². The third kappa shape index (κ3) is 4.13. The molecule has 0 bridgehead atoms. The predicted octanol–water partition coefficient (Wildman–Crippen LogP) is 2.61. The number of carboxylic acids is 1. The van der Waals surface area contributed by atoms with E-state index in [0.717, 1.165) is 12.0 Å². The van der Waals surface area contributed by atoms with Crippen LogP contribution in [0.3, 0.4) is 0 Å². The maximum absolute atomic E-state index is 11.2. The molecular weight excluding hydrogens is 258 g/mol. The van der Waals surface area contributed by atoms with Gasteiger partial charge < -0.3 is 19.9 Å². The predicted molar refractivity (Wildman–Crippen MR) is 77.4 cm³/mol. The molecule has 20 heavy (non-hydrogen) atoms. The van der Waals surface area contributed by atoms with Gasteiger partial charge in [0.1, 0.15) is 11.5 Å². The smallest absolute Gasteiger partial charge is 0.344 e. The Balaban J connectivity index is 3.08. The Hall–Kier alpha value is -1.75. The topological polar surface area (TPSA) is 67.8 Å². The fraction of sp³-hybridized carbons (Fsp3) is 0.533. The quantitative estimate of drug-likeness (QED) is 0.766. The molecular formula is C15H23NO4. The van der Waals surface area contributed by atoms with E-state index in [4.69, 9.17) is 9.47 Å². The summed E-state index contributed by atoms with van der Waals surface area (Å²) in [4.78, 5) is 11.2. The van der Waals surface area contributed by atoms with E-state index in [0.29, 0.717) is 17.9 Å². The molecule has 0 saturated heterocycles. The van der Waals surface area contributed by atoms with Crippen molar-refractivity contribution in [2.75, 3.05) is 14.2 Å². The fourth-order valence-electron chi connectivity index (χ4n) is 1.91. The lowest BCUT2D eigenvalue weighted by molar-refractivity contribution is -0.145. The SMILES string of the molecule is CCCC(Oc1cc(OC)ccc1C(C)NC)C(=O)O. The van der Waals surface area contributed by atoms with E-state index >= 15 is 0 Å². The van der Waals surface area contributed by atoms with Crippen LogP contribution in [0.2, 0.25) is 0 Å². The largest absolute Gasteiger partial charge is 0.497 e. The number of carbonyl (C=O) groups is 1. The number of hydrogen-bond acceptors (Lipinski definition) is 4. The molecule has 1 aromatic carbocycles. The van der Waals surface area contributed by atoms with Crippen LogP contribution >= 0.6 is 0 Å². The van der Waals surface area contributed by atoms with Gasteiger partial charge in [-0.05, 0) is 26.5 Å². The molecule has 0 radical (unpaired) electrons. The number of methoxy groups -OCH3 is 1. The zero-order valence-corrected chi connectivity index (χ0v) is 12.5. The van der Waals surface area contributed by atoms with Gasteiger partial charge in [-0.3, -0.25) is 0 Å². The zero-order valence-electron chi connectivity index (χ0n) is 12.5. The third-order valence-electron chi connectivity index (χ3n) is 3.22. The second-order valence-corrected chi connectivity index (χ2v) is 4.65. The van der Waals surface area contributed by atoms with Gasteiger partial charge in [0.25, 0.3) is 0 Å². The van der Waals surface area contributed by atoms with Crippen molar-refractivity contribution in [2.45, 2.75) is 38.8 Å². The van der Waals surface area contributed by atoms with E-state index in [1.807, 2.05) is 33.0 Å². The van der Waals surface area contributed by atoms with Gasteiger partial charge in [0.15, 0.2) is 6.10 Å². The molecule has 0 spiro atoms.